The lowest BCUT2D eigenvalue weighted by molar-refractivity contribution is 0.562. The maximum atomic E-state index is 11.8. The van der Waals surface area contributed by atoms with Crippen LogP contribution in [0.15, 0.2) is 51.7 Å². The van der Waals surface area contributed by atoms with Crippen molar-refractivity contribution >= 4 is 27.3 Å². The third kappa shape index (κ3) is 6.97. The Hall–Kier alpha value is -1.90. The van der Waals surface area contributed by atoms with Crippen LogP contribution in [0, 0.1) is 5.92 Å². The molecule has 2 rings (SSSR count). The zero-order valence-corrected chi connectivity index (χ0v) is 17.7. The molecule has 6 nitrogen and oxygen atoms in total. The van der Waals surface area contributed by atoms with Crippen molar-refractivity contribution in [3.8, 4) is 0 Å². The fraction of sp³-hybridized carbons (Fsp3) is 0.421. The van der Waals surface area contributed by atoms with Gasteiger partial charge >= 0.3 is 0 Å². The van der Waals surface area contributed by atoms with Crippen molar-refractivity contribution in [1.82, 2.24) is 15.4 Å². The highest BCUT2D eigenvalue weighted by molar-refractivity contribution is 7.89. The Morgan fingerprint density at radius 1 is 1.19 bits per heavy atom. The summed E-state index contributed by atoms with van der Waals surface area (Å²) in [5, 5.41) is 8.74. The van der Waals surface area contributed by atoms with Crippen molar-refractivity contribution in [2.24, 2.45) is 10.9 Å². The summed E-state index contributed by atoms with van der Waals surface area (Å²) in [6.45, 7) is 6.35. The molecule has 0 aliphatic carbocycles. The summed E-state index contributed by atoms with van der Waals surface area (Å²) in [4.78, 5) is 6.24. The number of nitrogens with one attached hydrogen (secondary N) is 3. The van der Waals surface area contributed by atoms with E-state index in [4.69, 9.17) is 0 Å². The van der Waals surface area contributed by atoms with Crippen LogP contribution >= 0.6 is 11.3 Å². The molecule has 0 saturated carbocycles. The van der Waals surface area contributed by atoms with Crippen molar-refractivity contribution in [1.29, 1.82) is 0 Å². The number of hydrogen-bond acceptors (Lipinski definition) is 4. The van der Waals surface area contributed by atoms with Gasteiger partial charge in [0.1, 0.15) is 0 Å². The van der Waals surface area contributed by atoms with E-state index in [0.717, 1.165) is 31.0 Å². The topological polar surface area (TPSA) is 82.6 Å². The van der Waals surface area contributed by atoms with E-state index < -0.39 is 10.0 Å². The first-order valence-corrected chi connectivity index (χ1v) is 11.4. The van der Waals surface area contributed by atoms with Gasteiger partial charge in [-0.05, 0) is 55.5 Å². The molecule has 0 bridgehead atoms. The van der Waals surface area contributed by atoms with E-state index >= 15 is 0 Å². The fourth-order valence-corrected chi connectivity index (χ4v) is 4.12. The fourth-order valence-electron chi connectivity index (χ4n) is 2.52. The molecule has 1 aromatic heterocycles. The molecule has 27 heavy (non-hydrogen) atoms. The van der Waals surface area contributed by atoms with Crippen LogP contribution in [-0.4, -0.2) is 34.5 Å². The third-order valence-electron chi connectivity index (χ3n) is 4.01. The molecule has 2 aromatic rings. The van der Waals surface area contributed by atoms with Gasteiger partial charge in [-0.15, -0.1) is 11.3 Å². The summed E-state index contributed by atoms with van der Waals surface area (Å²) in [6.07, 6.45) is 1.05. The van der Waals surface area contributed by atoms with E-state index in [-0.39, 0.29) is 4.90 Å². The minimum atomic E-state index is -3.40. The maximum Gasteiger partial charge on any atom is 0.240 e. The van der Waals surface area contributed by atoms with Crippen LogP contribution in [0.25, 0.3) is 0 Å². The van der Waals surface area contributed by atoms with Gasteiger partial charge < -0.3 is 10.6 Å². The zero-order chi connectivity index (χ0) is 19.7. The summed E-state index contributed by atoms with van der Waals surface area (Å²) < 4.78 is 25.8. The predicted octanol–water partition coefficient (Wildman–Crippen LogP) is 2.59. The van der Waals surface area contributed by atoms with Gasteiger partial charge in [0, 0.05) is 18.0 Å². The van der Waals surface area contributed by atoms with Gasteiger partial charge in [0.05, 0.1) is 11.4 Å². The van der Waals surface area contributed by atoms with E-state index in [1.54, 1.807) is 35.6 Å². The second-order valence-corrected chi connectivity index (χ2v) is 9.24. The molecular formula is C19H28N4O2S2. The van der Waals surface area contributed by atoms with Gasteiger partial charge in [0.2, 0.25) is 10.0 Å². The summed E-state index contributed by atoms with van der Waals surface area (Å²) in [5.74, 6) is 1.26. The Labute approximate surface area is 166 Å². The van der Waals surface area contributed by atoms with Gasteiger partial charge in [0.25, 0.3) is 0 Å². The van der Waals surface area contributed by atoms with Gasteiger partial charge in [-0.25, -0.2) is 18.1 Å². The van der Waals surface area contributed by atoms with E-state index in [0.29, 0.717) is 12.5 Å². The molecule has 0 aliphatic rings. The molecule has 148 valence electrons. The second-order valence-electron chi connectivity index (χ2n) is 6.32. The van der Waals surface area contributed by atoms with Gasteiger partial charge in [-0.2, -0.15) is 0 Å². The van der Waals surface area contributed by atoms with E-state index in [1.807, 2.05) is 6.92 Å². The van der Waals surface area contributed by atoms with Crippen molar-refractivity contribution in [2.75, 3.05) is 20.1 Å². The Balaban J connectivity index is 1.92. The number of benzene rings is 1. The molecule has 8 heteroatoms. The van der Waals surface area contributed by atoms with E-state index in [1.165, 1.54) is 11.9 Å². The average Bonchev–Trinajstić information content (AvgIpc) is 3.17. The zero-order valence-electron chi connectivity index (χ0n) is 16.0. The summed E-state index contributed by atoms with van der Waals surface area (Å²) in [6, 6.07) is 11.0. The lowest BCUT2D eigenvalue weighted by atomic mass is 10.1. The highest BCUT2D eigenvalue weighted by Crippen LogP contribution is 2.14. The standard InChI is InChI=1S/C19H28N4O2S2/c1-4-21-19(22-13-15(2)12-17-6-5-11-26-17)23-14-16-7-9-18(10-8-16)27(24,25)20-3/h5-11,15,20H,4,12-14H2,1-3H3,(H2,21,22,23). The second kappa shape index (κ2) is 10.4. The number of nitrogens with zero attached hydrogens (tertiary/aromatic N) is 1. The third-order valence-corrected chi connectivity index (χ3v) is 6.34. The first kappa shape index (κ1) is 21.4. The average molecular weight is 409 g/mol. The number of guanidine groups is 1. The molecule has 0 spiro atoms. The van der Waals surface area contributed by atoms with Crippen molar-refractivity contribution in [3.05, 3.63) is 52.2 Å². The molecule has 0 radical (unpaired) electrons. The molecule has 1 unspecified atom stereocenters. The number of hydrogen-bond donors (Lipinski definition) is 3. The molecule has 1 heterocycles. The molecule has 1 aromatic carbocycles. The molecule has 0 saturated heterocycles. The van der Waals surface area contributed by atoms with Crippen LogP contribution in [0.5, 0.6) is 0 Å². The largest absolute Gasteiger partial charge is 0.357 e. The monoisotopic (exact) mass is 408 g/mol. The normalized spacial score (nSPS) is 13.4. The minimum Gasteiger partial charge on any atom is -0.357 e. The first-order valence-electron chi connectivity index (χ1n) is 9.01. The molecule has 0 fully saturated rings. The molecule has 0 aliphatic heterocycles. The SMILES string of the molecule is CCNC(=NCc1ccc(S(=O)(=O)NC)cc1)NCC(C)Cc1cccs1. The van der Waals surface area contributed by atoms with Crippen LogP contribution < -0.4 is 15.4 Å². The highest BCUT2D eigenvalue weighted by Gasteiger charge is 2.10. The number of aliphatic imine (C=N–C) groups is 1. The smallest absolute Gasteiger partial charge is 0.240 e. The van der Waals surface area contributed by atoms with Gasteiger partial charge in [-0.3, -0.25) is 0 Å². The van der Waals surface area contributed by atoms with E-state index in [2.05, 4.69) is 44.8 Å². The number of thiophene rings is 1. The molecular weight excluding hydrogens is 380 g/mol. The Morgan fingerprint density at radius 3 is 2.52 bits per heavy atom. The van der Waals surface area contributed by atoms with Crippen LogP contribution in [0.2, 0.25) is 0 Å². The lowest BCUT2D eigenvalue weighted by Crippen LogP contribution is -2.39. The first-order chi connectivity index (χ1) is 12.9. The van der Waals surface area contributed by atoms with Crippen LogP contribution in [0.1, 0.15) is 24.3 Å². The van der Waals surface area contributed by atoms with Crippen LogP contribution in [-0.2, 0) is 23.0 Å². The quantitative estimate of drug-likeness (QED) is 0.440. The molecule has 3 N–H and O–H groups in total. The lowest BCUT2D eigenvalue weighted by Gasteiger charge is -2.15. The summed E-state index contributed by atoms with van der Waals surface area (Å²) in [7, 11) is -2.00. The number of sulfonamides is 1. The van der Waals surface area contributed by atoms with Crippen molar-refractivity contribution in [3.63, 3.8) is 0 Å². The van der Waals surface area contributed by atoms with Crippen molar-refractivity contribution < 1.29 is 8.42 Å². The Kier molecular flexibility index (Phi) is 8.27. The summed E-state index contributed by atoms with van der Waals surface area (Å²) >= 11 is 1.79. The maximum absolute atomic E-state index is 11.8. The van der Waals surface area contributed by atoms with Crippen LogP contribution in [0.4, 0.5) is 0 Å². The minimum absolute atomic E-state index is 0.255. The van der Waals surface area contributed by atoms with Crippen molar-refractivity contribution in [2.45, 2.75) is 31.7 Å². The Morgan fingerprint density at radius 2 is 1.93 bits per heavy atom. The van der Waals surface area contributed by atoms with Gasteiger partial charge in [0.15, 0.2) is 5.96 Å². The number of rotatable bonds is 9. The molecule has 0 amide bonds. The van der Waals surface area contributed by atoms with Gasteiger partial charge in [-0.1, -0.05) is 25.1 Å². The predicted molar refractivity (Wildman–Crippen MR) is 113 cm³/mol. The summed E-state index contributed by atoms with van der Waals surface area (Å²) in [5.41, 5.74) is 0.953. The highest BCUT2D eigenvalue weighted by atomic mass is 32.2. The van der Waals surface area contributed by atoms with E-state index in [9.17, 15) is 8.42 Å². The van der Waals surface area contributed by atoms with Crippen LogP contribution in [0.3, 0.4) is 0 Å². The Bertz CT molecular complexity index is 816. The molecule has 1 atom stereocenters.